The third-order valence-electron chi connectivity index (χ3n) is 2.22. The molecular formula is C10H12F3NO2S. The first-order valence-corrected chi connectivity index (χ1v) is 5.50. The highest BCUT2D eigenvalue weighted by Crippen LogP contribution is 2.34. The van der Waals surface area contributed by atoms with Crippen LogP contribution in [0.1, 0.15) is 23.8 Å². The van der Waals surface area contributed by atoms with Crippen LogP contribution in [0.3, 0.4) is 0 Å². The molecule has 0 bridgehead atoms. The van der Waals surface area contributed by atoms with Gasteiger partial charge in [0.05, 0.1) is 6.10 Å². The second-order valence-corrected chi connectivity index (χ2v) is 3.91. The van der Waals surface area contributed by atoms with E-state index >= 15 is 0 Å². The van der Waals surface area contributed by atoms with Crippen molar-refractivity contribution in [2.75, 3.05) is 5.75 Å². The van der Waals surface area contributed by atoms with Crippen molar-refractivity contribution in [2.45, 2.75) is 24.8 Å². The highest BCUT2D eigenvalue weighted by atomic mass is 32.1. The lowest BCUT2D eigenvalue weighted by Crippen LogP contribution is -2.23. The van der Waals surface area contributed by atoms with Gasteiger partial charge in [-0.1, -0.05) is 6.07 Å². The number of hydrogen-bond donors (Lipinski definition) is 3. The lowest BCUT2D eigenvalue weighted by molar-refractivity contribution is -0.143. The van der Waals surface area contributed by atoms with Crippen molar-refractivity contribution in [1.82, 2.24) is 4.98 Å². The highest BCUT2D eigenvalue weighted by Gasteiger charge is 2.37. The number of hydrogen-bond acceptors (Lipinski definition) is 4. The molecule has 1 aromatic heterocycles. The van der Waals surface area contributed by atoms with Gasteiger partial charge in [-0.2, -0.15) is 25.8 Å². The molecule has 2 N–H and O–H groups in total. The maximum absolute atomic E-state index is 12.6. The summed E-state index contributed by atoms with van der Waals surface area (Å²) in [6.07, 6.45) is -6.48. The van der Waals surface area contributed by atoms with Crippen molar-refractivity contribution in [1.29, 1.82) is 0 Å². The van der Waals surface area contributed by atoms with Gasteiger partial charge in [0.1, 0.15) is 11.8 Å². The fraction of sp³-hybridized carbons (Fsp3) is 0.500. The predicted octanol–water partition coefficient (Wildman–Crippen LogP) is 1.81. The number of aliphatic hydroxyl groups is 2. The number of aliphatic hydroxyl groups excluding tert-OH is 2. The Hall–Kier alpha value is -0.790. The van der Waals surface area contributed by atoms with Crippen LogP contribution >= 0.6 is 12.6 Å². The molecule has 1 heterocycles. The van der Waals surface area contributed by atoms with Crippen LogP contribution in [0.5, 0.6) is 0 Å². The van der Waals surface area contributed by atoms with Gasteiger partial charge in [0.15, 0.2) is 0 Å². The molecule has 0 radical (unpaired) electrons. The van der Waals surface area contributed by atoms with Crippen LogP contribution in [0.2, 0.25) is 0 Å². The number of thiol groups is 1. The van der Waals surface area contributed by atoms with Gasteiger partial charge >= 0.3 is 6.18 Å². The summed E-state index contributed by atoms with van der Waals surface area (Å²) in [5.41, 5.74) is -1.60. The minimum Gasteiger partial charge on any atom is -0.390 e. The standard InChI is InChI=1S/C10H12F3NO2S/c11-10(12,13)9-6(2-1-4-14-9)8(16)7(15)3-5-17/h1-2,4,7-8,15-17H,3,5H2. The topological polar surface area (TPSA) is 53.4 Å². The Labute approximate surface area is 102 Å². The zero-order valence-corrected chi connectivity index (χ0v) is 9.62. The van der Waals surface area contributed by atoms with E-state index in [-0.39, 0.29) is 12.2 Å². The minimum absolute atomic E-state index is 0.0937. The lowest BCUT2D eigenvalue weighted by Gasteiger charge is -2.20. The molecule has 0 saturated carbocycles. The van der Waals surface area contributed by atoms with Gasteiger partial charge < -0.3 is 10.2 Å². The third-order valence-corrected chi connectivity index (χ3v) is 2.47. The largest absolute Gasteiger partial charge is 0.433 e. The van der Waals surface area contributed by atoms with Crippen molar-refractivity contribution < 1.29 is 23.4 Å². The Kier molecular flexibility index (Phi) is 4.79. The predicted molar refractivity (Wildman–Crippen MR) is 58.7 cm³/mol. The summed E-state index contributed by atoms with van der Waals surface area (Å²) in [5, 5.41) is 19.1. The molecule has 2 atom stereocenters. The van der Waals surface area contributed by atoms with Crippen LogP contribution in [0.15, 0.2) is 18.3 Å². The second-order valence-electron chi connectivity index (χ2n) is 3.46. The Bertz CT molecular complexity index is 373. The molecule has 0 amide bonds. The van der Waals surface area contributed by atoms with Gasteiger partial charge in [0, 0.05) is 11.8 Å². The first-order chi connectivity index (χ1) is 7.88. The van der Waals surface area contributed by atoms with Crippen LogP contribution in [0, 0.1) is 0 Å². The van der Waals surface area contributed by atoms with Crippen LogP contribution in [-0.2, 0) is 6.18 Å². The molecule has 0 aliphatic rings. The molecule has 1 rings (SSSR count). The van der Waals surface area contributed by atoms with Crippen molar-refractivity contribution in [3.63, 3.8) is 0 Å². The molecule has 3 nitrogen and oxygen atoms in total. The molecule has 17 heavy (non-hydrogen) atoms. The molecule has 0 aromatic carbocycles. The zero-order chi connectivity index (χ0) is 13.1. The number of alkyl halides is 3. The number of rotatable bonds is 4. The maximum Gasteiger partial charge on any atom is 0.433 e. The summed E-state index contributed by atoms with van der Waals surface area (Å²) in [6, 6.07) is 2.38. The Morgan fingerprint density at radius 3 is 2.53 bits per heavy atom. The van der Waals surface area contributed by atoms with E-state index in [1.165, 1.54) is 6.07 Å². The number of pyridine rings is 1. The van der Waals surface area contributed by atoms with Gasteiger partial charge in [0.25, 0.3) is 0 Å². The Morgan fingerprint density at radius 1 is 1.35 bits per heavy atom. The summed E-state index contributed by atoms with van der Waals surface area (Å²) in [5.74, 6) is 0.264. The molecule has 0 spiro atoms. The maximum atomic E-state index is 12.6. The van der Waals surface area contributed by atoms with E-state index in [9.17, 15) is 23.4 Å². The molecule has 96 valence electrons. The van der Waals surface area contributed by atoms with Crippen LogP contribution in [0.25, 0.3) is 0 Å². The monoisotopic (exact) mass is 267 g/mol. The van der Waals surface area contributed by atoms with Crippen LogP contribution in [0.4, 0.5) is 13.2 Å². The summed E-state index contributed by atoms with van der Waals surface area (Å²) in [7, 11) is 0. The van der Waals surface area contributed by atoms with Crippen molar-refractivity contribution in [3.05, 3.63) is 29.6 Å². The summed E-state index contributed by atoms with van der Waals surface area (Å²) < 4.78 is 37.8. The smallest absolute Gasteiger partial charge is 0.390 e. The molecule has 0 aliphatic carbocycles. The van der Waals surface area contributed by atoms with Gasteiger partial charge in [-0.15, -0.1) is 0 Å². The fourth-order valence-corrected chi connectivity index (χ4v) is 1.66. The van der Waals surface area contributed by atoms with E-state index in [1.807, 2.05) is 0 Å². The quantitative estimate of drug-likeness (QED) is 0.729. The minimum atomic E-state index is -4.65. The van der Waals surface area contributed by atoms with Crippen LogP contribution in [-0.4, -0.2) is 27.1 Å². The number of aromatic nitrogens is 1. The number of halogens is 3. The van der Waals surface area contributed by atoms with E-state index in [0.29, 0.717) is 0 Å². The molecule has 1 aromatic rings. The van der Waals surface area contributed by atoms with E-state index in [4.69, 9.17) is 0 Å². The summed E-state index contributed by atoms with van der Waals surface area (Å²) in [4.78, 5) is 3.20. The molecule has 0 fully saturated rings. The Balaban J connectivity index is 3.05. The van der Waals surface area contributed by atoms with Crippen molar-refractivity contribution in [3.8, 4) is 0 Å². The summed E-state index contributed by atoms with van der Waals surface area (Å²) >= 11 is 3.84. The molecular weight excluding hydrogens is 255 g/mol. The molecule has 0 saturated heterocycles. The fourth-order valence-electron chi connectivity index (χ4n) is 1.39. The SMILES string of the molecule is OC(CCS)C(O)c1cccnc1C(F)(F)F. The van der Waals surface area contributed by atoms with E-state index in [1.54, 1.807) is 0 Å². The first-order valence-electron chi connectivity index (χ1n) is 4.87. The van der Waals surface area contributed by atoms with Crippen LogP contribution < -0.4 is 0 Å². The van der Waals surface area contributed by atoms with Gasteiger partial charge in [-0.3, -0.25) is 4.98 Å². The summed E-state index contributed by atoms with van der Waals surface area (Å²) in [6.45, 7) is 0. The van der Waals surface area contributed by atoms with E-state index in [2.05, 4.69) is 17.6 Å². The van der Waals surface area contributed by atoms with Crippen molar-refractivity contribution in [2.24, 2.45) is 0 Å². The third kappa shape index (κ3) is 3.58. The average Bonchev–Trinajstić information content (AvgIpc) is 2.27. The van der Waals surface area contributed by atoms with E-state index in [0.717, 1.165) is 12.3 Å². The normalized spacial score (nSPS) is 15.6. The number of nitrogens with zero attached hydrogens (tertiary/aromatic N) is 1. The lowest BCUT2D eigenvalue weighted by atomic mass is 10.0. The zero-order valence-electron chi connectivity index (χ0n) is 8.72. The van der Waals surface area contributed by atoms with E-state index < -0.39 is 29.6 Å². The van der Waals surface area contributed by atoms with Gasteiger partial charge in [-0.25, -0.2) is 0 Å². The van der Waals surface area contributed by atoms with Crippen molar-refractivity contribution >= 4 is 12.6 Å². The highest BCUT2D eigenvalue weighted by molar-refractivity contribution is 7.80. The molecule has 2 unspecified atom stereocenters. The second kappa shape index (κ2) is 5.70. The molecule has 7 heteroatoms. The Morgan fingerprint density at radius 2 is 2.00 bits per heavy atom. The average molecular weight is 267 g/mol. The first kappa shape index (κ1) is 14.3. The van der Waals surface area contributed by atoms with Gasteiger partial charge in [0.2, 0.25) is 0 Å². The molecule has 0 aliphatic heterocycles. The van der Waals surface area contributed by atoms with Gasteiger partial charge in [-0.05, 0) is 18.2 Å².